The van der Waals surface area contributed by atoms with E-state index in [1.807, 2.05) is 26.0 Å². The number of aromatic nitrogens is 2. The zero-order valence-electron chi connectivity index (χ0n) is 17.6. The number of carbonyl (C=O) groups is 2. The van der Waals surface area contributed by atoms with Crippen LogP contribution in [0.25, 0.3) is 0 Å². The lowest BCUT2D eigenvalue weighted by Crippen LogP contribution is -2.27. The third-order valence-electron chi connectivity index (χ3n) is 4.19. The fourth-order valence-corrected chi connectivity index (χ4v) is 3.50. The Morgan fingerprint density at radius 2 is 1.81 bits per heavy atom. The molecule has 8 nitrogen and oxygen atoms in total. The Hall–Kier alpha value is -3.30. The summed E-state index contributed by atoms with van der Waals surface area (Å²) in [6.07, 6.45) is 0. The van der Waals surface area contributed by atoms with Crippen molar-refractivity contribution in [2.45, 2.75) is 20.5 Å². The quantitative estimate of drug-likeness (QED) is 0.495. The monoisotopic (exact) mass is 440 g/mol. The largest absolute Gasteiger partial charge is 0.486 e. The van der Waals surface area contributed by atoms with Gasteiger partial charge < -0.3 is 20.1 Å². The molecule has 0 radical (unpaired) electrons. The highest BCUT2D eigenvalue weighted by Gasteiger charge is 2.15. The number of carbonyl (C=O) groups excluding carboxylic acids is 2. The number of amides is 2. The first-order valence-corrected chi connectivity index (χ1v) is 10.5. The van der Waals surface area contributed by atoms with Gasteiger partial charge in [-0.3, -0.25) is 9.59 Å². The van der Waals surface area contributed by atoms with E-state index in [9.17, 15) is 9.59 Å². The number of methoxy groups -OCH3 is 1. The van der Waals surface area contributed by atoms with Crippen molar-refractivity contribution in [1.29, 1.82) is 0 Å². The summed E-state index contributed by atoms with van der Waals surface area (Å²) < 4.78 is 10.7. The predicted molar refractivity (Wildman–Crippen MR) is 119 cm³/mol. The molecule has 0 saturated heterocycles. The summed E-state index contributed by atoms with van der Waals surface area (Å²) in [4.78, 5) is 24.7. The van der Waals surface area contributed by atoms with Crippen LogP contribution in [0.3, 0.4) is 0 Å². The number of hydrogen-bond donors (Lipinski definition) is 2. The number of rotatable bonds is 9. The van der Waals surface area contributed by atoms with Crippen molar-refractivity contribution >= 4 is 28.8 Å². The van der Waals surface area contributed by atoms with E-state index >= 15 is 0 Å². The Bertz CT molecular complexity index is 1050. The number of ether oxygens (including phenoxy) is 2. The Morgan fingerprint density at radius 3 is 2.55 bits per heavy atom. The molecule has 2 aromatic carbocycles. The number of anilines is 1. The van der Waals surface area contributed by atoms with E-state index in [1.165, 1.54) is 0 Å². The van der Waals surface area contributed by atoms with Crippen LogP contribution in [0.4, 0.5) is 5.69 Å². The third kappa shape index (κ3) is 6.59. The first-order valence-electron chi connectivity index (χ1n) is 9.66. The number of aryl methyl sites for hydroxylation is 2. The topological polar surface area (TPSA) is 102 Å². The van der Waals surface area contributed by atoms with Crippen molar-refractivity contribution in [1.82, 2.24) is 15.5 Å². The summed E-state index contributed by atoms with van der Waals surface area (Å²) in [6.45, 7) is 5.07. The van der Waals surface area contributed by atoms with E-state index in [4.69, 9.17) is 9.47 Å². The summed E-state index contributed by atoms with van der Waals surface area (Å²) in [5, 5.41) is 14.3. The highest BCUT2D eigenvalue weighted by Crippen LogP contribution is 2.20. The maximum Gasteiger partial charge on any atom is 0.286 e. The molecule has 2 N–H and O–H groups in total. The predicted octanol–water partition coefficient (Wildman–Crippen LogP) is 3.36. The zero-order valence-corrected chi connectivity index (χ0v) is 18.4. The van der Waals surface area contributed by atoms with Crippen LogP contribution in [0.15, 0.2) is 42.5 Å². The Kier molecular flexibility index (Phi) is 7.69. The summed E-state index contributed by atoms with van der Waals surface area (Å²) in [6, 6.07) is 12.6. The molecule has 1 aromatic heterocycles. The molecule has 3 aromatic rings. The SMILES string of the molecule is COCCNC(=O)c1cccc(NC(=O)c2nnc(COc3cc(C)cc(C)c3)s2)c1. The molecule has 162 valence electrons. The Labute approximate surface area is 184 Å². The molecular formula is C22H24N4O4S. The number of nitrogens with zero attached hydrogens (tertiary/aromatic N) is 2. The van der Waals surface area contributed by atoms with E-state index < -0.39 is 5.91 Å². The Balaban J connectivity index is 1.58. The number of benzene rings is 2. The standard InChI is InChI=1S/C22H24N4O4S/c1-14-9-15(2)11-18(10-14)30-13-19-25-26-22(31-19)21(28)24-17-6-4-5-16(12-17)20(27)23-7-8-29-3/h4-6,9-12H,7-8,13H2,1-3H3,(H,23,27)(H,24,28). The van der Waals surface area contributed by atoms with Gasteiger partial charge in [0.25, 0.3) is 11.8 Å². The molecule has 0 bridgehead atoms. The molecule has 31 heavy (non-hydrogen) atoms. The molecule has 0 unspecified atom stereocenters. The van der Waals surface area contributed by atoms with Crippen molar-refractivity contribution in [3.8, 4) is 5.75 Å². The second kappa shape index (κ2) is 10.6. The summed E-state index contributed by atoms with van der Waals surface area (Å²) in [7, 11) is 1.57. The lowest BCUT2D eigenvalue weighted by atomic mass is 10.1. The van der Waals surface area contributed by atoms with Crippen LogP contribution in [0.5, 0.6) is 5.75 Å². The van der Waals surface area contributed by atoms with Gasteiger partial charge in [-0.15, -0.1) is 10.2 Å². The van der Waals surface area contributed by atoms with Gasteiger partial charge in [0.1, 0.15) is 12.4 Å². The number of hydrogen-bond acceptors (Lipinski definition) is 7. The minimum absolute atomic E-state index is 0.217. The van der Waals surface area contributed by atoms with E-state index in [1.54, 1.807) is 31.4 Å². The summed E-state index contributed by atoms with van der Waals surface area (Å²) in [5.74, 6) is 0.112. The lowest BCUT2D eigenvalue weighted by Gasteiger charge is -2.07. The fourth-order valence-electron chi connectivity index (χ4n) is 2.86. The van der Waals surface area contributed by atoms with Gasteiger partial charge in [0.2, 0.25) is 5.01 Å². The van der Waals surface area contributed by atoms with E-state index in [2.05, 4.69) is 26.9 Å². The average Bonchev–Trinajstić information content (AvgIpc) is 3.21. The van der Waals surface area contributed by atoms with Crippen LogP contribution >= 0.6 is 11.3 Å². The van der Waals surface area contributed by atoms with Gasteiger partial charge in [-0.05, 0) is 55.3 Å². The van der Waals surface area contributed by atoms with Gasteiger partial charge in [0.05, 0.1) is 6.61 Å². The van der Waals surface area contributed by atoms with Crippen molar-refractivity contribution in [2.24, 2.45) is 0 Å². The molecule has 9 heteroatoms. The normalized spacial score (nSPS) is 10.5. The maximum atomic E-state index is 12.5. The molecule has 0 aliphatic carbocycles. The van der Waals surface area contributed by atoms with Crippen molar-refractivity contribution in [3.05, 3.63) is 69.2 Å². The molecule has 1 heterocycles. The van der Waals surface area contributed by atoms with Gasteiger partial charge in [0, 0.05) is 24.9 Å². The van der Waals surface area contributed by atoms with Gasteiger partial charge in [-0.2, -0.15) is 0 Å². The molecule has 2 amide bonds. The summed E-state index contributed by atoms with van der Waals surface area (Å²) >= 11 is 1.16. The molecule has 3 rings (SSSR count). The van der Waals surface area contributed by atoms with E-state index in [-0.39, 0.29) is 17.5 Å². The van der Waals surface area contributed by atoms with Crippen LogP contribution in [-0.4, -0.2) is 42.3 Å². The minimum Gasteiger partial charge on any atom is -0.486 e. The van der Waals surface area contributed by atoms with Crippen molar-refractivity contribution in [2.75, 3.05) is 25.6 Å². The molecule has 0 atom stereocenters. The second-order valence-electron chi connectivity index (χ2n) is 6.90. The maximum absolute atomic E-state index is 12.5. The number of nitrogens with one attached hydrogen (secondary N) is 2. The smallest absolute Gasteiger partial charge is 0.286 e. The molecule has 0 spiro atoms. The third-order valence-corrected chi connectivity index (χ3v) is 5.09. The fraction of sp³-hybridized carbons (Fsp3) is 0.273. The van der Waals surface area contributed by atoms with Crippen molar-refractivity contribution < 1.29 is 19.1 Å². The van der Waals surface area contributed by atoms with Gasteiger partial charge in [0.15, 0.2) is 5.01 Å². The first-order chi connectivity index (χ1) is 14.9. The van der Waals surface area contributed by atoms with Gasteiger partial charge in [-0.1, -0.05) is 23.5 Å². The highest BCUT2D eigenvalue weighted by molar-refractivity contribution is 7.13. The Morgan fingerprint density at radius 1 is 1.03 bits per heavy atom. The van der Waals surface area contributed by atoms with Crippen LogP contribution in [0.1, 0.15) is 36.3 Å². The van der Waals surface area contributed by atoms with Gasteiger partial charge in [-0.25, -0.2) is 0 Å². The summed E-state index contributed by atoms with van der Waals surface area (Å²) in [5.41, 5.74) is 3.16. The van der Waals surface area contributed by atoms with Crippen LogP contribution in [-0.2, 0) is 11.3 Å². The molecule has 0 saturated carbocycles. The van der Waals surface area contributed by atoms with Crippen molar-refractivity contribution in [3.63, 3.8) is 0 Å². The molecular weight excluding hydrogens is 416 g/mol. The average molecular weight is 441 g/mol. The van der Waals surface area contributed by atoms with E-state index in [0.29, 0.717) is 29.4 Å². The van der Waals surface area contributed by atoms with Crippen LogP contribution in [0, 0.1) is 13.8 Å². The minimum atomic E-state index is -0.396. The molecule has 0 aliphatic heterocycles. The zero-order chi connectivity index (χ0) is 22.2. The first kappa shape index (κ1) is 22.4. The van der Waals surface area contributed by atoms with Crippen LogP contribution in [0.2, 0.25) is 0 Å². The lowest BCUT2D eigenvalue weighted by molar-refractivity contribution is 0.0936. The molecule has 0 aliphatic rings. The second-order valence-corrected chi connectivity index (χ2v) is 7.96. The van der Waals surface area contributed by atoms with Gasteiger partial charge >= 0.3 is 0 Å². The van der Waals surface area contributed by atoms with Crippen LogP contribution < -0.4 is 15.4 Å². The van der Waals surface area contributed by atoms with E-state index in [0.717, 1.165) is 28.2 Å². The molecule has 0 fully saturated rings. The highest BCUT2D eigenvalue weighted by atomic mass is 32.1.